The van der Waals surface area contributed by atoms with Crippen molar-refractivity contribution in [1.29, 1.82) is 0 Å². The lowest BCUT2D eigenvalue weighted by Gasteiger charge is -2.18. The molecule has 4 heteroatoms. The molecule has 2 nitrogen and oxygen atoms in total. The van der Waals surface area contributed by atoms with Crippen LogP contribution in [0.1, 0.15) is 24.3 Å². The van der Waals surface area contributed by atoms with Crippen LogP contribution in [-0.2, 0) is 0 Å². The second-order valence-corrected chi connectivity index (χ2v) is 5.35. The first-order valence-corrected chi connectivity index (χ1v) is 7.13. The molecule has 96 valence electrons. The van der Waals surface area contributed by atoms with Crippen molar-refractivity contribution in [3.05, 3.63) is 45.6 Å². The van der Waals surface area contributed by atoms with E-state index < -0.39 is 0 Å². The number of rotatable bonds is 5. The summed E-state index contributed by atoms with van der Waals surface area (Å²) in [6, 6.07) is 10.1. The fourth-order valence-corrected chi connectivity index (χ4v) is 2.83. The maximum atomic E-state index is 6.20. The summed E-state index contributed by atoms with van der Waals surface area (Å²) in [7, 11) is 1.66. The van der Waals surface area contributed by atoms with Gasteiger partial charge in [0.25, 0.3) is 0 Å². The summed E-state index contributed by atoms with van der Waals surface area (Å²) >= 11 is 7.95. The Morgan fingerprint density at radius 1 is 1.39 bits per heavy atom. The Labute approximate surface area is 117 Å². The van der Waals surface area contributed by atoms with Gasteiger partial charge < -0.3 is 10.1 Å². The van der Waals surface area contributed by atoms with E-state index in [1.807, 2.05) is 18.2 Å². The number of hydrogen-bond donors (Lipinski definition) is 1. The van der Waals surface area contributed by atoms with E-state index >= 15 is 0 Å². The lowest BCUT2D eigenvalue weighted by atomic mass is 10.1. The minimum atomic E-state index is 0.287. The van der Waals surface area contributed by atoms with Crippen molar-refractivity contribution < 1.29 is 4.74 Å². The SMILES string of the molecule is CCC(Nc1cc(OC)ccc1Cl)c1cccs1. The van der Waals surface area contributed by atoms with Gasteiger partial charge in [-0.05, 0) is 30.0 Å². The molecule has 0 aliphatic rings. The van der Waals surface area contributed by atoms with E-state index in [4.69, 9.17) is 16.3 Å². The standard InChI is InChI=1S/C14H16ClNOS/c1-3-12(14-5-4-8-18-14)16-13-9-10(17-2)6-7-11(13)15/h4-9,12,16H,3H2,1-2H3. The van der Waals surface area contributed by atoms with E-state index in [1.165, 1.54) is 4.88 Å². The second-order valence-electron chi connectivity index (χ2n) is 3.97. The van der Waals surface area contributed by atoms with Crippen LogP contribution in [0.5, 0.6) is 5.75 Å². The molecule has 2 rings (SSSR count). The molecular formula is C14H16ClNOS. The fraction of sp³-hybridized carbons (Fsp3) is 0.286. The molecule has 0 saturated heterocycles. The molecular weight excluding hydrogens is 266 g/mol. The summed E-state index contributed by atoms with van der Waals surface area (Å²) in [6.45, 7) is 2.16. The molecule has 0 fully saturated rings. The molecule has 1 heterocycles. The highest BCUT2D eigenvalue weighted by atomic mass is 35.5. The average molecular weight is 282 g/mol. The van der Waals surface area contributed by atoms with Crippen LogP contribution in [0.15, 0.2) is 35.7 Å². The van der Waals surface area contributed by atoms with Crippen LogP contribution in [0, 0.1) is 0 Å². The van der Waals surface area contributed by atoms with E-state index in [9.17, 15) is 0 Å². The zero-order chi connectivity index (χ0) is 13.0. The number of halogens is 1. The number of thiophene rings is 1. The smallest absolute Gasteiger partial charge is 0.121 e. The van der Waals surface area contributed by atoms with Gasteiger partial charge >= 0.3 is 0 Å². The Morgan fingerprint density at radius 2 is 2.22 bits per heavy atom. The van der Waals surface area contributed by atoms with Gasteiger partial charge in [-0.1, -0.05) is 24.6 Å². The Morgan fingerprint density at radius 3 is 2.83 bits per heavy atom. The summed E-state index contributed by atoms with van der Waals surface area (Å²) in [6.07, 6.45) is 1.01. The van der Waals surface area contributed by atoms with E-state index in [0.717, 1.165) is 17.9 Å². The molecule has 0 aliphatic heterocycles. The predicted octanol–water partition coefficient (Wildman–Crippen LogP) is 4.97. The Hall–Kier alpha value is -1.19. The van der Waals surface area contributed by atoms with E-state index in [1.54, 1.807) is 18.4 Å². The van der Waals surface area contributed by atoms with Crippen LogP contribution in [-0.4, -0.2) is 7.11 Å². The maximum absolute atomic E-state index is 6.20. The van der Waals surface area contributed by atoms with Gasteiger partial charge in [0.15, 0.2) is 0 Å². The quantitative estimate of drug-likeness (QED) is 0.835. The first-order chi connectivity index (χ1) is 8.74. The van der Waals surface area contributed by atoms with Crippen molar-refractivity contribution in [2.75, 3.05) is 12.4 Å². The van der Waals surface area contributed by atoms with Gasteiger partial charge in [-0.3, -0.25) is 0 Å². The number of benzene rings is 1. The van der Waals surface area contributed by atoms with Crippen molar-refractivity contribution >= 4 is 28.6 Å². The molecule has 1 aromatic heterocycles. The molecule has 1 N–H and O–H groups in total. The Bertz CT molecular complexity index is 499. The van der Waals surface area contributed by atoms with Gasteiger partial charge in [0, 0.05) is 10.9 Å². The predicted molar refractivity (Wildman–Crippen MR) is 79.0 cm³/mol. The highest BCUT2D eigenvalue weighted by molar-refractivity contribution is 7.10. The van der Waals surface area contributed by atoms with Crippen LogP contribution in [0.3, 0.4) is 0 Å². The number of anilines is 1. The third kappa shape index (κ3) is 2.98. The zero-order valence-corrected chi connectivity index (χ0v) is 12.0. The van der Waals surface area contributed by atoms with Crippen molar-refractivity contribution in [2.45, 2.75) is 19.4 Å². The van der Waals surface area contributed by atoms with Gasteiger partial charge in [-0.2, -0.15) is 0 Å². The van der Waals surface area contributed by atoms with Crippen LogP contribution in [0.2, 0.25) is 5.02 Å². The summed E-state index contributed by atoms with van der Waals surface area (Å²) < 4.78 is 5.22. The molecule has 0 bridgehead atoms. The monoisotopic (exact) mass is 281 g/mol. The summed E-state index contributed by atoms with van der Waals surface area (Å²) in [4.78, 5) is 1.32. The van der Waals surface area contributed by atoms with E-state index in [2.05, 4.69) is 29.8 Å². The van der Waals surface area contributed by atoms with E-state index in [-0.39, 0.29) is 6.04 Å². The first-order valence-electron chi connectivity index (χ1n) is 5.88. The third-order valence-corrected chi connectivity index (χ3v) is 4.11. The summed E-state index contributed by atoms with van der Waals surface area (Å²) in [5.74, 6) is 0.808. The van der Waals surface area contributed by atoms with Crippen molar-refractivity contribution in [3.8, 4) is 5.75 Å². The number of methoxy groups -OCH3 is 1. The van der Waals surface area contributed by atoms with Gasteiger partial charge in [0.2, 0.25) is 0 Å². The van der Waals surface area contributed by atoms with E-state index in [0.29, 0.717) is 5.02 Å². The number of nitrogens with one attached hydrogen (secondary N) is 1. The molecule has 2 aromatic rings. The molecule has 1 aromatic carbocycles. The normalized spacial score (nSPS) is 12.2. The van der Waals surface area contributed by atoms with Crippen molar-refractivity contribution in [2.24, 2.45) is 0 Å². The van der Waals surface area contributed by atoms with Gasteiger partial charge in [0.1, 0.15) is 5.75 Å². The van der Waals surface area contributed by atoms with Crippen LogP contribution < -0.4 is 10.1 Å². The third-order valence-electron chi connectivity index (χ3n) is 2.80. The zero-order valence-electron chi connectivity index (χ0n) is 10.4. The molecule has 0 aliphatic carbocycles. The summed E-state index contributed by atoms with van der Waals surface area (Å²) in [5.41, 5.74) is 0.913. The van der Waals surface area contributed by atoms with Gasteiger partial charge in [-0.25, -0.2) is 0 Å². The Kier molecular flexibility index (Phi) is 4.50. The van der Waals surface area contributed by atoms with Gasteiger partial charge in [0.05, 0.1) is 23.9 Å². The lowest BCUT2D eigenvalue weighted by molar-refractivity contribution is 0.415. The highest BCUT2D eigenvalue weighted by Gasteiger charge is 2.12. The molecule has 0 spiro atoms. The van der Waals surface area contributed by atoms with Crippen molar-refractivity contribution in [1.82, 2.24) is 0 Å². The van der Waals surface area contributed by atoms with Crippen molar-refractivity contribution in [3.63, 3.8) is 0 Å². The minimum absolute atomic E-state index is 0.287. The van der Waals surface area contributed by atoms with Crippen LogP contribution in [0.25, 0.3) is 0 Å². The van der Waals surface area contributed by atoms with Crippen LogP contribution in [0.4, 0.5) is 5.69 Å². The largest absolute Gasteiger partial charge is 0.497 e. The highest BCUT2D eigenvalue weighted by Crippen LogP contribution is 2.32. The minimum Gasteiger partial charge on any atom is -0.497 e. The average Bonchev–Trinajstić information content (AvgIpc) is 2.91. The topological polar surface area (TPSA) is 21.3 Å². The molecule has 0 radical (unpaired) electrons. The molecule has 18 heavy (non-hydrogen) atoms. The molecule has 0 amide bonds. The fourth-order valence-electron chi connectivity index (χ4n) is 1.79. The Balaban J connectivity index is 2.21. The van der Waals surface area contributed by atoms with Gasteiger partial charge in [-0.15, -0.1) is 11.3 Å². The second kappa shape index (κ2) is 6.12. The molecule has 1 unspecified atom stereocenters. The number of hydrogen-bond acceptors (Lipinski definition) is 3. The number of ether oxygens (including phenoxy) is 1. The lowest BCUT2D eigenvalue weighted by Crippen LogP contribution is -2.08. The first kappa shape index (κ1) is 13.2. The maximum Gasteiger partial charge on any atom is 0.121 e. The molecule has 1 atom stereocenters. The van der Waals surface area contributed by atoms with Crippen LogP contribution >= 0.6 is 22.9 Å². The molecule has 0 saturated carbocycles. The summed E-state index contributed by atoms with van der Waals surface area (Å²) in [5, 5.41) is 6.28.